The van der Waals surface area contributed by atoms with Crippen molar-refractivity contribution in [1.29, 1.82) is 0 Å². The number of benzene rings is 1. The second-order valence-corrected chi connectivity index (χ2v) is 7.93. The number of nitrogens with zero attached hydrogens (tertiary/aromatic N) is 1. The van der Waals surface area contributed by atoms with Crippen molar-refractivity contribution < 1.29 is 9.59 Å². The van der Waals surface area contributed by atoms with E-state index in [-0.39, 0.29) is 18.4 Å². The van der Waals surface area contributed by atoms with Gasteiger partial charge in [0.1, 0.15) is 0 Å². The van der Waals surface area contributed by atoms with Gasteiger partial charge in [0.2, 0.25) is 11.8 Å². The van der Waals surface area contributed by atoms with Crippen LogP contribution in [0.3, 0.4) is 0 Å². The minimum Gasteiger partial charge on any atom is -0.376 e. The van der Waals surface area contributed by atoms with Gasteiger partial charge in [0.05, 0.1) is 6.54 Å². The van der Waals surface area contributed by atoms with Crippen molar-refractivity contribution in [2.75, 3.05) is 24.2 Å². The van der Waals surface area contributed by atoms with Crippen LogP contribution in [-0.2, 0) is 9.59 Å². The number of anilines is 2. The summed E-state index contributed by atoms with van der Waals surface area (Å²) in [6.07, 6.45) is 5.92. The number of carbonyl (C=O) groups excluding carboxylic acids is 2. The summed E-state index contributed by atoms with van der Waals surface area (Å²) >= 11 is 0. The van der Waals surface area contributed by atoms with Gasteiger partial charge < -0.3 is 15.5 Å². The smallest absolute Gasteiger partial charge is 0.241 e. The SMILES string of the molecule is CN(C(=O)CNc1cccc(NC(=O)C(C)(C)C)c1)C1CCCCC1. The second kappa shape index (κ2) is 8.37. The zero-order chi connectivity index (χ0) is 18.4. The van der Waals surface area contributed by atoms with Crippen LogP contribution in [0.2, 0.25) is 0 Å². The van der Waals surface area contributed by atoms with Gasteiger partial charge in [-0.1, -0.05) is 46.1 Å². The highest BCUT2D eigenvalue weighted by Crippen LogP contribution is 2.22. The molecule has 2 rings (SSSR count). The monoisotopic (exact) mass is 345 g/mol. The Morgan fingerprint density at radius 2 is 1.76 bits per heavy atom. The Kier molecular flexibility index (Phi) is 6.45. The van der Waals surface area contributed by atoms with Crippen LogP contribution in [0.4, 0.5) is 11.4 Å². The molecule has 2 amide bonds. The summed E-state index contributed by atoms with van der Waals surface area (Å²) in [7, 11) is 1.90. The summed E-state index contributed by atoms with van der Waals surface area (Å²) in [4.78, 5) is 26.4. The van der Waals surface area contributed by atoms with Crippen LogP contribution >= 0.6 is 0 Å². The lowest BCUT2D eigenvalue weighted by atomic mass is 9.94. The predicted molar refractivity (Wildman–Crippen MR) is 103 cm³/mol. The fourth-order valence-corrected chi connectivity index (χ4v) is 3.00. The molecular formula is C20H31N3O2. The van der Waals surface area contributed by atoms with Crippen LogP contribution in [0.5, 0.6) is 0 Å². The molecule has 138 valence electrons. The predicted octanol–water partition coefficient (Wildman–Crippen LogP) is 3.87. The highest BCUT2D eigenvalue weighted by atomic mass is 16.2. The zero-order valence-corrected chi connectivity index (χ0v) is 15.9. The van der Waals surface area contributed by atoms with Crippen LogP contribution in [0.25, 0.3) is 0 Å². The highest BCUT2D eigenvalue weighted by Gasteiger charge is 2.22. The van der Waals surface area contributed by atoms with Gasteiger partial charge in [0.15, 0.2) is 0 Å². The molecule has 1 saturated carbocycles. The van der Waals surface area contributed by atoms with E-state index >= 15 is 0 Å². The van der Waals surface area contributed by atoms with Gasteiger partial charge >= 0.3 is 0 Å². The molecule has 1 fully saturated rings. The Labute approximate surface area is 151 Å². The number of nitrogens with one attached hydrogen (secondary N) is 2. The van der Waals surface area contributed by atoms with Crippen molar-refractivity contribution in [3.63, 3.8) is 0 Å². The number of amides is 2. The Morgan fingerprint density at radius 1 is 1.12 bits per heavy atom. The van der Waals surface area contributed by atoms with Crippen LogP contribution in [0.15, 0.2) is 24.3 Å². The summed E-state index contributed by atoms with van der Waals surface area (Å²) in [5.74, 6) is 0.0776. The minimum atomic E-state index is -0.442. The number of likely N-dealkylation sites (N-methyl/N-ethyl adjacent to an activating group) is 1. The maximum absolute atomic E-state index is 12.4. The van der Waals surface area contributed by atoms with Gasteiger partial charge in [0.25, 0.3) is 0 Å². The average Bonchev–Trinajstić information content (AvgIpc) is 2.59. The Balaban J connectivity index is 1.89. The molecule has 0 unspecified atom stereocenters. The van der Waals surface area contributed by atoms with E-state index in [9.17, 15) is 9.59 Å². The van der Waals surface area contributed by atoms with Crippen molar-refractivity contribution in [2.45, 2.75) is 58.9 Å². The number of carbonyl (C=O) groups is 2. The first-order chi connectivity index (χ1) is 11.8. The Morgan fingerprint density at radius 3 is 2.40 bits per heavy atom. The summed E-state index contributed by atoms with van der Waals surface area (Å²) in [6, 6.07) is 7.86. The molecule has 0 aromatic heterocycles. The molecule has 0 saturated heterocycles. The molecule has 0 radical (unpaired) electrons. The molecule has 1 aliphatic rings. The Hall–Kier alpha value is -2.04. The Bertz CT molecular complexity index is 601. The van der Waals surface area contributed by atoms with Crippen molar-refractivity contribution >= 4 is 23.2 Å². The molecule has 1 aromatic carbocycles. The quantitative estimate of drug-likeness (QED) is 0.851. The fourth-order valence-electron chi connectivity index (χ4n) is 3.00. The van der Waals surface area contributed by atoms with Crippen LogP contribution < -0.4 is 10.6 Å². The van der Waals surface area contributed by atoms with E-state index in [1.807, 2.05) is 57.0 Å². The van der Waals surface area contributed by atoms with E-state index in [4.69, 9.17) is 0 Å². The molecule has 5 nitrogen and oxygen atoms in total. The summed E-state index contributed by atoms with van der Waals surface area (Å²) in [5, 5.41) is 6.08. The molecule has 2 N–H and O–H groups in total. The van der Waals surface area contributed by atoms with Gasteiger partial charge in [0, 0.05) is 29.9 Å². The number of hydrogen-bond acceptors (Lipinski definition) is 3. The van der Waals surface area contributed by atoms with E-state index in [1.54, 1.807) is 0 Å². The lowest BCUT2D eigenvalue weighted by molar-refractivity contribution is -0.130. The maximum Gasteiger partial charge on any atom is 0.241 e. The summed E-state index contributed by atoms with van der Waals surface area (Å²) in [5.41, 5.74) is 1.12. The van der Waals surface area contributed by atoms with Crippen molar-refractivity contribution in [2.24, 2.45) is 5.41 Å². The van der Waals surface area contributed by atoms with Crippen LogP contribution in [0.1, 0.15) is 52.9 Å². The minimum absolute atomic E-state index is 0.0299. The normalized spacial score (nSPS) is 15.5. The first-order valence-electron chi connectivity index (χ1n) is 9.18. The van der Waals surface area contributed by atoms with Crippen LogP contribution in [-0.4, -0.2) is 36.3 Å². The van der Waals surface area contributed by atoms with Crippen molar-refractivity contribution in [3.8, 4) is 0 Å². The van der Waals surface area contributed by atoms with E-state index in [0.29, 0.717) is 6.04 Å². The lowest BCUT2D eigenvalue weighted by Gasteiger charge is -2.31. The van der Waals surface area contributed by atoms with Crippen LogP contribution in [0, 0.1) is 5.41 Å². The van der Waals surface area contributed by atoms with Crippen molar-refractivity contribution in [1.82, 2.24) is 4.90 Å². The molecule has 0 atom stereocenters. The van der Waals surface area contributed by atoms with Gasteiger partial charge in [-0.25, -0.2) is 0 Å². The third-order valence-corrected chi connectivity index (χ3v) is 4.76. The average molecular weight is 345 g/mol. The molecule has 0 spiro atoms. The number of rotatable bonds is 5. The lowest BCUT2D eigenvalue weighted by Crippen LogP contribution is -2.41. The molecule has 25 heavy (non-hydrogen) atoms. The van der Waals surface area contributed by atoms with E-state index in [2.05, 4.69) is 10.6 Å². The molecule has 1 aliphatic carbocycles. The summed E-state index contributed by atoms with van der Waals surface area (Å²) < 4.78 is 0. The van der Waals surface area contributed by atoms with E-state index in [1.165, 1.54) is 19.3 Å². The fraction of sp³-hybridized carbons (Fsp3) is 0.600. The zero-order valence-electron chi connectivity index (χ0n) is 15.9. The second-order valence-electron chi connectivity index (χ2n) is 7.93. The highest BCUT2D eigenvalue weighted by molar-refractivity contribution is 5.95. The largest absolute Gasteiger partial charge is 0.376 e. The van der Waals surface area contributed by atoms with Gasteiger partial charge in [-0.15, -0.1) is 0 Å². The number of hydrogen-bond donors (Lipinski definition) is 2. The van der Waals surface area contributed by atoms with Gasteiger partial charge in [-0.3, -0.25) is 9.59 Å². The maximum atomic E-state index is 12.4. The molecule has 0 heterocycles. The molecule has 5 heteroatoms. The standard InChI is InChI=1S/C20H31N3O2/c1-20(2,3)19(25)22-16-10-8-9-15(13-16)21-14-18(24)23(4)17-11-6-5-7-12-17/h8-10,13,17,21H,5-7,11-12,14H2,1-4H3,(H,22,25). The van der Waals surface area contributed by atoms with Gasteiger partial charge in [-0.05, 0) is 31.0 Å². The topological polar surface area (TPSA) is 61.4 Å². The van der Waals surface area contributed by atoms with E-state index in [0.717, 1.165) is 24.2 Å². The third kappa shape index (κ3) is 5.76. The van der Waals surface area contributed by atoms with Gasteiger partial charge in [-0.2, -0.15) is 0 Å². The summed E-state index contributed by atoms with van der Waals surface area (Å²) in [6.45, 7) is 5.91. The molecule has 0 aliphatic heterocycles. The van der Waals surface area contributed by atoms with E-state index < -0.39 is 5.41 Å². The third-order valence-electron chi connectivity index (χ3n) is 4.76. The van der Waals surface area contributed by atoms with Crippen molar-refractivity contribution in [3.05, 3.63) is 24.3 Å². The molecular weight excluding hydrogens is 314 g/mol. The molecule has 0 bridgehead atoms. The first-order valence-corrected chi connectivity index (χ1v) is 9.18. The molecule has 1 aromatic rings. The first kappa shape index (κ1) is 19.3.